The molecule has 1 aliphatic heterocycles. The second kappa shape index (κ2) is 53.0. The molecule has 9 unspecified atom stereocenters. The van der Waals surface area contributed by atoms with Crippen LogP contribution in [-0.2, 0) is 14.3 Å². The number of hydrogen-bond donors (Lipinski definition) is 8. The summed E-state index contributed by atoms with van der Waals surface area (Å²) in [6.07, 6.45) is 55.0. The van der Waals surface area contributed by atoms with Gasteiger partial charge in [0, 0.05) is 0 Å². The van der Waals surface area contributed by atoms with E-state index in [4.69, 9.17) is 9.47 Å². The van der Waals surface area contributed by atoms with Crippen LogP contribution in [-0.4, -0.2) is 110 Å². The van der Waals surface area contributed by atoms with Crippen molar-refractivity contribution in [2.24, 2.45) is 0 Å². The van der Waals surface area contributed by atoms with E-state index in [0.29, 0.717) is 12.8 Å². The molecule has 9 atom stereocenters. The van der Waals surface area contributed by atoms with E-state index in [1.807, 2.05) is 0 Å². The lowest BCUT2D eigenvalue weighted by Gasteiger charge is -2.40. The molecule has 1 amide bonds. The molecular formula is C64H121NO10. The lowest BCUT2D eigenvalue weighted by molar-refractivity contribution is -0.303. The van der Waals surface area contributed by atoms with Crippen LogP contribution in [0, 0.1) is 0 Å². The van der Waals surface area contributed by atoms with Gasteiger partial charge in [-0.3, -0.25) is 4.79 Å². The molecule has 75 heavy (non-hydrogen) atoms. The molecule has 0 aromatic rings. The Morgan fingerprint density at radius 3 is 1.25 bits per heavy atom. The minimum Gasteiger partial charge on any atom is -0.394 e. The molecule has 11 heteroatoms. The standard InChI is InChI=1S/C64H121NO10/c1-3-5-7-9-11-13-15-17-19-21-23-24-25-26-27-28-29-30-31-32-33-34-36-37-39-41-43-45-47-49-51-56(67)59(69)55(54-74-64-62(72)61(71)60(70)58(53-66)75-64)65-63(73)57(68)52-50-48-46-44-42-40-38-35-22-20-18-16-14-12-10-8-6-4-2/h12,14,16,18,43,45,55-62,64,66-72H,3-11,13,15,17,19-42,44,46-54H2,1-2H3,(H,65,73)/b14-12-,18-16-,45-43+. The van der Waals surface area contributed by atoms with Crippen LogP contribution in [0.2, 0.25) is 0 Å². The van der Waals surface area contributed by atoms with Gasteiger partial charge in [-0.05, 0) is 64.2 Å². The van der Waals surface area contributed by atoms with Crippen molar-refractivity contribution in [2.75, 3.05) is 13.2 Å². The van der Waals surface area contributed by atoms with Crippen molar-refractivity contribution < 1.29 is 50.0 Å². The van der Waals surface area contributed by atoms with Crippen LogP contribution in [0.5, 0.6) is 0 Å². The van der Waals surface area contributed by atoms with E-state index in [0.717, 1.165) is 44.9 Å². The minimum atomic E-state index is -1.67. The Morgan fingerprint density at radius 1 is 0.467 bits per heavy atom. The number of hydrogen-bond acceptors (Lipinski definition) is 10. The molecule has 1 fully saturated rings. The summed E-state index contributed by atoms with van der Waals surface area (Å²) in [6, 6.07) is -1.19. The predicted octanol–water partition coefficient (Wildman–Crippen LogP) is 14.2. The minimum absolute atomic E-state index is 0.248. The molecule has 0 bridgehead atoms. The molecule has 442 valence electrons. The van der Waals surface area contributed by atoms with Crippen LogP contribution >= 0.6 is 0 Å². The highest BCUT2D eigenvalue weighted by Gasteiger charge is 2.44. The molecule has 0 saturated carbocycles. The number of aliphatic hydroxyl groups is 7. The van der Waals surface area contributed by atoms with Crippen molar-refractivity contribution in [3.63, 3.8) is 0 Å². The van der Waals surface area contributed by atoms with Gasteiger partial charge in [-0.1, -0.05) is 269 Å². The molecule has 1 heterocycles. The number of allylic oxidation sites excluding steroid dienone is 6. The summed E-state index contributed by atoms with van der Waals surface area (Å²) in [5.74, 6) is -0.708. The third-order valence-corrected chi connectivity index (χ3v) is 15.4. The van der Waals surface area contributed by atoms with E-state index in [1.165, 1.54) is 212 Å². The van der Waals surface area contributed by atoms with Crippen LogP contribution < -0.4 is 5.32 Å². The van der Waals surface area contributed by atoms with Crippen molar-refractivity contribution in [1.82, 2.24) is 5.32 Å². The number of amides is 1. The first-order valence-electron chi connectivity index (χ1n) is 31.9. The third-order valence-electron chi connectivity index (χ3n) is 15.4. The van der Waals surface area contributed by atoms with Crippen LogP contribution in [0.3, 0.4) is 0 Å². The van der Waals surface area contributed by atoms with Crippen molar-refractivity contribution >= 4 is 5.91 Å². The maximum atomic E-state index is 13.2. The zero-order valence-corrected chi connectivity index (χ0v) is 48.5. The normalized spacial score (nSPS) is 19.9. The molecule has 0 aliphatic carbocycles. The molecule has 0 radical (unpaired) electrons. The first-order chi connectivity index (χ1) is 36.7. The number of rotatable bonds is 55. The first kappa shape index (κ1) is 71.3. The second-order valence-corrected chi connectivity index (χ2v) is 22.5. The van der Waals surface area contributed by atoms with Gasteiger partial charge < -0.3 is 50.5 Å². The lowest BCUT2D eigenvalue weighted by atomic mass is 9.98. The highest BCUT2D eigenvalue weighted by molar-refractivity contribution is 5.80. The molecule has 11 nitrogen and oxygen atoms in total. The maximum Gasteiger partial charge on any atom is 0.249 e. The molecule has 1 saturated heterocycles. The molecule has 1 rings (SSSR count). The summed E-state index contributed by atoms with van der Waals surface area (Å²) in [7, 11) is 0. The van der Waals surface area contributed by atoms with Crippen molar-refractivity contribution in [3.8, 4) is 0 Å². The number of ether oxygens (including phenoxy) is 2. The number of carbonyl (C=O) groups is 1. The Morgan fingerprint density at radius 2 is 0.827 bits per heavy atom. The van der Waals surface area contributed by atoms with Crippen molar-refractivity contribution in [2.45, 2.75) is 351 Å². The lowest BCUT2D eigenvalue weighted by Crippen LogP contribution is -2.60. The molecule has 0 aromatic carbocycles. The molecule has 1 aliphatic rings. The average molecular weight is 1060 g/mol. The van der Waals surface area contributed by atoms with Crippen molar-refractivity contribution in [3.05, 3.63) is 36.5 Å². The quantitative estimate of drug-likeness (QED) is 0.0165. The number of unbranched alkanes of at least 4 members (excludes halogenated alkanes) is 38. The van der Waals surface area contributed by atoms with Crippen LogP contribution in [0.25, 0.3) is 0 Å². The fraction of sp³-hybridized carbons (Fsp3) is 0.891. The third kappa shape index (κ3) is 41.1. The van der Waals surface area contributed by atoms with Gasteiger partial charge in [-0.25, -0.2) is 0 Å². The van der Waals surface area contributed by atoms with E-state index in [-0.39, 0.29) is 12.8 Å². The Hall–Kier alpha value is -1.67. The SMILES string of the molecule is CCCCC/C=C\C=C/CCCCCCCCCCCC(O)C(=O)NC(COC1OC(CO)C(O)C(O)C1O)C(O)C(O)CCC/C=C/CCCCCCCCCCCCCCCCCCCCCCCCCCC. The van der Waals surface area contributed by atoms with E-state index in [9.17, 15) is 40.5 Å². The predicted molar refractivity (Wildman–Crippen MR) is 312 cm³/mol. The smallest absolute Gasteiger partial charge is 0.249 e. The molecule has 0 spiro atoms. The summed E-state index contributed by atoms with van der Waals surface area (Å²) in [6.45, 7) is 3.44. The van der Waals surface area contributed by atoms with Crippen molar-refractivity contribution in [1.29, 1.82) is 0 Å². The van der Waals surface area contributed by atoms with Gasteiger partial charge in [0.05, 0.1) is 25.4 Å². The summed E-state index contributed by atoms with van der Waals surface area (Å²) >= 11 is 0. The van der Waals surface area contributed by atoms with E-state index < -0.39 is 74.2 Å². The van der Waals surface area contributed by atoms with E-state index in [1.54, 1.807) is 0 Å². The van der Waals surface area contributed by atoms with E-state index >= 15 is 0 Å². The number of nitrogens with one attached hydrogen (secondary N) is 1. The van der Waals surface area contributed by atoms with E-state index in [2.05, 4.69) is 55.6 Å². The Kier molecular flexibility index (Phi) is 50.4. The maximum absolute atomic E-state index is 13.2. The average Bonchev–Trinajstić information content (AvgIpc) is 3.41. The van der Waals surface area contributed by atoms with Crippen LogP contribution in [0.4, 0.5) is 0 Å². The highest BCUT2D eigenvalue weighted by Crippen LogP contribution is 2.24. The number of aliphatic hydroxyl groups excluding tert-OH is 7. The Bertz CT molecular complexity index is 1310. The van der Waals surface area contributed by atoms with Crippen LogP contribution in [0.1, 0.15) is 296 Å². The Balaban J connectivity index is 2.25. The molecule has 0 aromatic heterocycles. The van der Waals surface area contributed by atoms with Gasteiger partial charge in [0.15, 0.2) is 6.29 Å². The first-order valence-corrected chi connectivity index (χ1v) is 31.9. The van der Waals surface area contributed by atoms with Gasteiger partial charge in [0.25, 0.3) is 0 Å². The molecular weight excluding hydrogens is 943 g/mol. The monoisotopic (exact) mass is 1060 g/mol. The fourth-order valence-electron chi connectivity index (χ4n) is 10.3. The second-order valence-electron chi connectivity index (χ2n) is 22.5. The highest BCUT2D eigenvalue weighted by atomic mass is 16.7. The molecule has 8 N–H and O–H groups in total. The fourth-order valence-corrected chi connectivity index (χ4v) is 10.3. The zero-order chi connectivity index (χ0) is 54.7. The summed E-state index contributed by atoms with van der Waals surface area (Å²) < 4.78 is 11.2. The summed E-state index contributed by atoms with van der Waals surface area (Å²) in [4.78, 5) is 13.2. The van der Waals surface area contributed by atoms with Crippen LogP contribution in [0.15, 0.2) is 36.5 Å². The van der Waals surface area contributed by atoms with Gasteiger partial charge >= 0.3 is 0 Å². The zero-order valence-electron chi connectivity index (χ0n) is 48.5. The van der Waals surface area contributed by atoms with Gasteiger partial charge in [0.1, 0.15) is 36.6 Å². The van der Waals surface area contributed by atoms with Gasteiger partial charge in [-0.2, -0.15) is 0 Å². The largest absolute Gasteiger partial charge is 0.394 e. The van der Waals surface area contributed by atoms with Gasteiger partial charge in [0.2, 0.25) is 5.91 Å². The summed E-state index contributed by atoms with van der Waals surface area (Å²) in [5.41, 5.74) is 0. The Labute approximate surface area is 460 Å². The number of carbonyl (C=O) groups excluding carboxylic acids is 1. The topological polar surface area (TPSA) is 189 Å². The summed E-state index contributed by atoms with van der Waals surface area (Å²) in [5, 5.41) is 76.2. The van der Waals surface area contributed by atoms with Gasteiger partial charge in [-0.15, -0.1) is 0 Å².